The van der Waals surface area contributed by atoms with Crippen molar-refractivity contribution in [1.82, 2.24) is 0 Å². The van der Waals surface area contributed by atoms with E-state index in [1.165, 1.54) is 24.1 Å². The first kappa shape index (κ1) is 16.4. The summed E-state index contributed by atoms with van der Waals surface area (Å²) in [7, 11) is 0. The third-order valence-electron chi connectivity index (χ3n) is 3.93. The number of hydrogen-bond acceptors (Lipinski definition) is 4. The first-order chi connectivity index (χ1) is 11.5. The molecule has 0 saturated heterocycles. The molecule has 0 fully saturated rings. The van der Waals surface area contributed by atoms with Crippen LogP contribution in [0.2, 0.25) is 0 Å². The number of ether oxygens (including phenoxy) is 1. The molecule has 0 atom stereocenters. The molecule has 1 aliphatic heterocycles. The molecule has 3 nitrogen and oxygen atoms in total. The Balaban J connectivity index is 2.24. The molecule has 0 radical (unpaired) electrons. The molecule has 0 spiro atoms. The van der Waals surface area contributed by atoms with Gasteiger partial charge in [-0.2, -0.15) is 5.26 Å². The van der Waals surface area contributed by atoms with Crippen molar-refractivity contribution in [3.8, 4) is 11.8 Å². The van der Waals surface area contributed by atoms with Gasteiger partial charge in [-0.05, 0) is 43.7 Å². The molecule has 0 unspecified atom stereocenters. The fourth-order valence-electron chi connectivity index (χ4n) is 2.86. The lowest BCUT2D eigenvalue weighted by atomic mass is 9.83. The molecule has 1 N–H and O–H groups in total. The van der Waals surface area contributed by atoms with Crippen molar-refractivity contribution in [3.05, 3.63) is 65.0 Å². The summed E-state index contributed by atoms with van der Waals surface area (Å²) >= 11 is 1.50. The molecule has 2 aromatic carbocycles. The van der Waals surface area contributed by atoms with Crippen molar-refractivity contribution in [2.75, 3.05) is 11.0 Å². The topological polar surface area (TPSA) is 45.0 Å². The molecule has 1 heterocycles. The van der Waals surface area contributed by atoms with E-state index in [0.29, 0.717) is 11.3 Å². The minimum absolute atomic E-state index is 0.302. The van der Waals surface area contributed by atoms with Crippen LogP contribution in [0.15, 0.2) is 48.0 Å². The Hall–Kier alpha value is -2.45. The Labute approximate surface area is 145 Å². The summed E-state index contributed by atoms with van der Waals surface area (Å²) < 4.78 is 22.6. The molecule has 0 bridgehead atoms. The van der Waals surface area contributed by atoms with Gasteiger partial charge < -0.3 is 9.46 Å². The normalized spacial score (nSPS) is 15.3. The largest absolute Gasteiger partial charge is 0.482 e. The van der Waals surface area contributed by atoms with Gasteiger partial charge in [-0.1, -0.05) is 24.1 Å². The summed E-state index contributed by atoms with van der Waals surface area (Å²) in [5, 5.41) is 9.70. The zero-order valence-corrected chi connectivity index (χ0v) is 14.5. The molecule has 0 aliphatic carbocycles. The molecular weight excluding hydrogens is 323 g/mol. The average molecular weight is 340 g/mol. The summed E-state index contributed by atoms with van der Waals surface area (Å²) in [6.07, 6.45) is 1.95. The molecule has 0 aromatic heterocycles. The second-order valence-corrected chi connectivity index (χ2v) is 6.61. The van der Waals surface area contributed by atoms with Crippen molar-refractivity contribution in [3.63, 3.8) is 0 Å². The van der Waals surface area contributed by atoms with Gasteiger partial charge in [0.25, 0.3) is 0 Å². The molecule has 2 aromatic rings. The fraction of sp³-hybridized carbons (Fsp3) is 0.211. The number of benzene rings is 2. The van der Waals surface area contributed by atoms with Crippen LogP contribution in [-0.2, 0) is 0 Å². The molecule has 0 saturated carbocycles. The summed E-state index contributed by atoms with van der Waals surface area (Å²) in [5.41, 5.74) is 3.13. The van der Waals surface area contributed by atoms with Crippen molar-refractivity contribution < 1.29 is 9.13 Å². The van der Waals surface area contributed by atoms with E-state index in [1.54, 1.807) is 12.1 Å². The summed E-state index contributed by atoms with van der Waals surface area (Å²) in [5.74, 6) is 0.404. The Bertz CT molecular complexity index is 851. The minimum Gasteiger partial charge on any atom is -0.482 e. The number of anilines is 1. The maximum absolute atomic E-state index is 13.3. The van der Waals surface area contributed by atoms with Crippen molar-refractivity contribution in [2.24, 2.45) is 0 Å². The molecule has 3 rings (SSSR count). The Morgan fingerprint density at radius 1 is 1.17 bits per heavy atom. The Kier molecular flexibility index (Phi) is 4.25. The van der Waals surface area contributed by atoms with Crippen LogP contribution in [0.25, 0.3) is 5.57 Å². The van der Waals surface area contributed by atoms with Gasteiger partial charge in [0.1, 0.15) is 17.2 Å². The minimum atomic E-state index is -0.760. The van der Waals surface area contributed by atoms with Gasteiger partial charge in [-0.15, -0.1) is 0 Å². The van der Waals surface area contributed by atoms with Gasteiger partial charge in [-0.25, -0.2) is 4.39 Å². The van der Waals surface area contributed by atoms with E-state index < -0.39 is 5.60 Å². The van der Waals surface area contributed by atoms with Crippen molar-refractivity contribution in [1.29, 1.82) is 5.26 Å². The van der Waals surface area contributed by atoms with E-state index in [2.05, 4.69) is 10.8 Å². The van der Waals surface area contributed by atoms with Gasteiger partial charge in [0.05, 0.1) is 11.6 Å². The second-order valence-electron chi connectivity index (χ2n) is 6.00. The second kappa shape index (κ2) is 6.21. The molecule has 24 heavy (non-hydrogen) atoms. The van der Waals surface area contributed by atoms with Crippen LogP contribution >= 0.6 is 11.9 Å². The zero-order chi connectivity index (χ0) is 17.3. The van der Waals surface area contributed by atoms with Crippen LogP contribution in [0.5, 0.6) is 5.75 Å². The fourth-order valence-corrected chi connectivity index (χ4v) is 3.23. The Morgan fingerprint density at radius 2 is 1.88 bits per heavy atom. The first-order valence-electron chi connectivity index (χ1n) is 7.49. The SMILES string of the molecule is CSNc1ccc2c(c1)OC(C)(C)C(C#N)=C2c1ccc(F)cc1. The number of halogens is 1. The summed E-state index contributed by atoms with van der Waals surface area (Å²) in [6.45, 7) is 3.74. The van der Waals surface area contributed by atoms with Crippen LogP contribution in [-0.4, -0.2) is 11.9 Å². The van der Waals surface area contributed by atoms with Gasteiger partial charge in [0.15, 0.2) is 0 Å². The van der Waals surface area contributed by atoms with Crippen molar-refractivity contribution >= 4 is 23.2 Å². The molecule has 0 amide bonds. The third-order valence-corrected chi connectivity index (χ3v) is 4.37. The van der Waals surface area contributed by atoms with Gasteiger partial charge >= 0.3 is 0 Å². The molecule has 1 aliphatic rings. The summed E-state index contributed by atoms with van der Waals surface area (Å²) in [6, 6.07) is 14.3. The highest BCUT2D eigenvalue weighted by Gasteiger charge is 2.36. The number of nitriles is 1. The highest BCUT2D eigenvalue weighted by atomic mass is 32.2. The predicted octanol–water partition coefficient (Wildman–Crippen LogP) is 5.01. The van der Waals surface area contributed by atoms with E-state index in [4.69, 9.17) is 4.74 Å². The molecular formula is C19H17FN2OS. The smallest absolute Gasteiger partial charge is 0.139 e. The van der Waals surface area contributed by atoms with Gasteiger partial charge in [-0.3, -0.25) is 0 Å². The number of nitrogens with one attached hydrogen (secondary N) is 1. The van der Waals surface area contributed by atoms with E-state index in [-0.39, 0.29) is 5.82 Å². The van der Waals surface area contributed by atoms with E-state index in [0.717, 1.165) is 22.4 Å². The highest BCUT2D eigenvalue weighted by molar-refractivity contribution is 7.99. The van der Waals surface area contributed by atoms with Crippen molar-refractivity contribution in [2.45, 2.75) is 19.4 Å². The molecule has 5 heteroatoms. The molecule has 122 valence electrons. The predicted molar refractivity (Wildman–Crippen MR) is 96.3 cm³/mol. The lowest BCUT2D eigenvalue weighted by molar-refractivity contribution is 0.149. The lowest BCUT2D eigenvalue weighted by Gasteiger charge is -2.34. The Morgan fingerprint density at radius 3 is 2.50 bits per heavy atom. The monoisotopic (exact) mass is 340 g/mol. The maximum Gasteiger partial charge on any atom is 0.139 e. The van der Waals surface area contributed by atoms with E-state index >= 15 is 0 Å². The number of fused-ring (bicyclic) bond motifs is 1. The lowest BCUT2D eigenvalue weighted by Crippen LogP contribution is -2.34. The number of nitrogens with zero attached hydrogens (tertiary/aromatic N) is 1. The number of hydrogen-bond donors (Lipinski definition) is 1. The van der Waals surface area contributed by atoms with Gasteiger partial charge in [0.2, 0.25) is 0 Å². The maximum atomic E-state index is 13.3. The van der Waals surface area contributed by atoms with Gasteiger partial charge in [0, 0.05) is 29.1 Å². The standard InChI is InChI=1S/C19H17FN2OS/c1-19(2)16(11-21)18(12-4-6-13(20)7-5-12)15-9-8-14(22-24-3)10-17(15)23-19/h4-10,22H,1-3H3. The van der Waals surface area contributed by atoms with Crippen LogP contribution in [0.1, 0.15) is 25.0 Å². The summed E-state index contributed by atoms with van der Waals surface area (Å²) in [4.78, 5) is 0. The van der Waals surface area contributed by atoms with Crippen LogP contribution in [0.4, 0.5) is 10.1 Å². The van der Waals surface area contributed by atoms with E-state index in [1.807, 2.05) is 38.3 Å². The third kappa shape index (κ3) is 2.85. The van der Waals surface area contributed by atoms with E-state index in [9.17, 15) is 9.65 Å². The highest BCUT2D eigenvalue weighted by Crippen LogP contribution is 2.44. The quantitative estimate of drug-likeness (QED) is 0.798. The average Bonchev–Trinajstić information content (AvgIpc) is 2.54. The van der Waals surface area contributed by atoms with Crippen LogP contribution in [0.3, 0.4) is 0 Å². The van der Waals surface area contributed by atoms with Crippen LogP contribution < -0.4 is 9.46 Å². The first-order valence-corrected chi connectivity index (χ1v) is 8.72. The zero-order valence-electron chi connectivity index (χ0n) is 13.7. The van der Waals surface area contributed by atoms with Crippen LogP contribution in [0, 0.1) is 17.1 Å². The number of rotatable bonds is 3.